The Morgan fingerprint density at radius 2 is 2.13 bits per heavy atom. The van der Waals surface area contributed by atoms with Crippen molar-refractivity contribution >= 4 is 24.0 Å². The Morgan fingerprint density at radius 3 is 2.73 bits per heavy atom. The van der Waals surface area contributed by atoms with Gasteiger partial charge in [-0.3, -0.25) is 0 Å². The van der Waals surface area contributed by atoms with Gasteiger partial charge in [-0.2, -0.15) is 0 Å². The molecule has 0 heterocycles. The lowest BCUT2D eigenvalue weighted by Crippen LogP contribution is -2.11. The van der Waals surface area contributed by atoms with Crippen molar-refractivity contribution in [2.75, 3.05) is 0 Å². The van der Waals surface area contributed by atoms with Gasteiger partial charge in [-0.15, -0.1) is 12.4 Å². The largest absolute Gasteiger partial charge is 0.324 e. The minimum absolute atomic E-state index is 0. The van der Waals surface area contributed by atoms with Crippen molar-refractivity contribution in [3.8, 4) is 0 Å². The average molecular weight is 250 g/mol. The van der Waals surface area contributed by atoms with Crippen LogP contribution in [-0.2, 0) is 0 Å². The van der Waals surface area contributed by atoms with E-state index in [2.05, 4.69) is 0 Å². The third-order valence-electron chi connectivity index (χ3n) is 2.64. The molecule has 1 aromatic carbocycles. The van der Waals surface area contributed by atoms with Crippen LogP contribution in [0.15, 0.2) is 18.2 Å². The lowest BCUT2D eigenvalue weighted by atomic mass is 10.0. The van der Waals surface area contributed by atoms with Crippen LogP contribution in [0.2, 0.25) is 5.02 Å². The zero-order valence-electron chi connectivity index (χ0n) is 8.25. The van der Waals surface area contributed by atoms with E-state index in [-0.39, 0.29) is 24.3 Å². The van der Waals surface area contributed by atoms with E-state index in [1.165, 1.54) is 25.0 Å². The Labute approximate surface area is 100 Å². The first-order valence-corrected chi connectivity index (χ1v) is 5.25. The van der Waals surface area contributed by atoms with Crippen molar-refractivity contribution in [1.29, 1.82) is 0 Å². The maximum atomic E-state index is 12.9. The van der Waals surface area contributed by atoms with E-state index in [0.717, 1.165) is 17.9 Å². The zero-order valence-corrected chi connectivity index (χ0v) is 9.82. The van der Waals surface area contributed by atoms with Gasteiger partial charge in [-0.25, -0.2) is 4.39 Å². The van der Waals surface area contributed by atoms with E-state index in [1.54, 1.807) is 6.07 Å². The summed E-state index contributed by atoms with van der Waals surface area (Å²) in [7, 11) is 0. The maximum Gasteiger partial charge on any atom is 0.123 e. The molecule has 15 heavy (non-hydrogen) atoms. The maximum absolute atomic E-state index is 12.9. The Balaban J connectivity index is 0.00000112. The molecule has 1 fully saturated rings. The van der Waals surface area contributed by atoms with Crippen molar-refractivity contribution in [1.82, 2.24) is 0 Å². The standard InChI is InChI=1S/C11H13ClFN.ClH/c12-10-4-3-8(13)6-9(10)11(14)5-7-1-2-7;/h3-4,6-7,11H,1-2,5,14H2;1H/t11-;/m1./s1. The smallest absolute Gasteiger partial charge is 0.123 e. The molecule has 1 nitrogen and oxygen atoms in total. The third kappa shape index (κ3) is 3.33. The fourth-order valence-corrected chi connectivity index (χ4v) is 1.90. The molecule has 1 aliphatic rings. The predicted molar refractivity (Wildman–Crippen MR) is 62.9 cm³/mol. The van der Waals surface area contributed by atoms with Crippen LogP contribution in [0, 0.1) is 11.7 Å². The molecule has 0 saturated heterocycles. The minimum Gasteiger partial charge on any atom is -0.324 e. The quantitative estimate of drug-likeness (QED) is 0.869. The van der Waals surface area contributed by atoms with E-state index >= 15 is 0 Å². The van der Waals surface area contributed by atoms with Crippen LogP contribution in [0.1, 0.15) is 30.9 Å². The molecule has 1 saturated carbocycles. The summed E-state index contributed by atoms with van der Waals surface area (Å²) in [5.74, 6) is 0.458. The number of hydrogen-bond acceptors (Lipinski definition) is 1. The summed E-state index contributed by atoms with van der Waals surface area (Å²) in [5.41, 5.74) is 6.69. The SMILES string of the molecule is Cl.N[C@H](CC1CC1)c1cc(F)ccc1Cl. The summed E-state index contributed by atoms with van der Waals surface area (Å²) in [6.07, 6.45) is 3.42. The van der Waals surface area contributed by atoms with E-state index in [4.69, 9.17) is 17.3 Å². The van der Waals surface area contributed by atoms with Gasteiger partial charge in [0, 0.05) is 11.1 Å². The van der Waals surface area contributed by atoms with Crippen molar-refractivity contribution in [3.05, 3.63) is 34.6 Å². The first kappa shape index (κ1) is 12.8. The van der Waals surface area contributed by atoms with Crippen molar-refractivity contribution < 1.29 is 4.39 Å². The Morgan fingerprint density at radius 1 is 1.47 bits per heavy atom. The van der Waals surface area contributed by atoms with Gasteiger partial charge in [-0.05, 0) is 36.1 Å². The zero-order chi connectivity index (χ0) is 10.1. The van der Waals surface area contributed by atoms with Crippen LogP contribution in [0.3, 0.4) is 0 Å². The van der Waals surface area contributed by atoms with Crippen LogP contribution in [-0.4, -0.2) is 0 Å². The fraction of sp³-hybridized carbons (Fsp3) is 0.455. The second-order valence-electron chi connectivity index (χ2n) is 3.95. The Kier molecular flexibility index (Phi) is 4.38. The molecule has 84 valence electrons. The summed E-state index contributed by atoms with van der Waals surface area (Å²) in [4.78, 5) is 0. The Hall–Kier alpha value is -0.310. The summed E-state index contributed by atoms with van der Waals surface area (Å²) < 4.78 is 12.9. The molecular weight excluding hydrogens is 236 g/mol. The van der Waals surface area contributed by atoms with Crippen molar-refractivity contribution in [2.45, 2.75) is 25.3 Å². The van der Waals surface area contributed by atoms with Crippen molar-refractivity contribution in [2.24, 2.45) is 11.7 Å². The number of nitrogens with two attached hydrogens (primary N) is 1. The van der Waals surface area contributed by atoms with Gasteiger partial charge in [0.05, 0.1) is 0 Å². The number of halogens is 3. The molecule has 4 heteroatoms. The highest BCUT2D eigenvalue weighted by Gasteiger charge is 2.25. The normalized spacial score (nSPS) is 17.0. The monoisotopic (exact) mass is 249 g/mol. The predicted octanol–water partition coefficient (Wildman–Crippen LogP) is 3.70. The van der Waals surface area contributed by atoms with Gasteiger partial charge >= 0.3 is 0 Å². The number of hydrogen-bond donors (Lipinski definition) is 1. The first-order valence-electron chi connectivity index (χ1n) is 4.87. The highest BCUT2D eigenvalue weighted by molar-refractivity contribution is 6.31. The van der Waals surface area contributed by atoms with Crippen LogP contribution in [0.5, 0.6) is 0 Å². The molecule has 0 radical (unpaired) electrons. The third-order valence-corrected chi connectivity index (χ3v) is 2.99. The molecule has 2 rings (SSSR count). The number of benzene rings is 1. The van der Waals surface area contributed by atoms with Crippen LogP contribution >= 0.6 is 24.0 Å². The second-order valence-corrected chi connectivity index (χ2v) is 4.36. The molecular formula is C11H14Cl2FN. The molecule has 0 spiro atoms. The van der Waals surface area contributed by atoms with Gasteiger partial charge in [0.25, 0.3) is 0 Å². The van der Waals surface area contributed by atoms with E-state index < -0.39 is 0 Å². The van der Waals surface area contributed by atoms with E-state index in [0.29, 0.717) is 5.02 Å². The van der Waals surface area contributed by atoms with Crippen LogP contribution < -0.4 is 5.73 Å². The molecule has 0 bridgehead atoms. The fourth-order valence-electron chi connectivity index (χ4n) is 1.64. The Bertz CT molecular complexity index is 339. The van der Waals surface area contributed by atoms with Crippen LogP contribution in [0.4, 0.5) is 4.39 Å². The summed E-state index contributed by atoms with van der Waals surface area (Å²) >= 11 is 5.95. The highest BCUT2D eigenvalue weighted by Crippen LogP contribution is 2.38. The summed E-state index contributed by atoms with van der Waals surface area (Å²) in [5, 5.41) is 0.569. The molecule has 1 aromatic rings. The van der Waals surface area contributed by atoms with E-state index in [1.807, 2.05) is 0 Å². The van der Waals surface area contributed by atoms with Gasteiger partial charge in [0.15, 0.2) is 0 Å². The minimum atomic E-state index is -0.268. The summed E-state index contributed by atoms with van der Waals surface area (Å²) in [6, 6.07) is 4.25. The van der Waals surface area contributed by atoms with Crippen molar-refractivity contribution in [3.63, 3.8) is 0 Å². The van der Waals surface area contributed by atoms with Gasteiger partial charge in [0.2, 0.25) is 0 Å². The first-order chi connectivity index (χ1) is 6.66. The lowest BCUT2D eigenvalue weighted by molar-refractivity contribution is 0.583. The molecule has 1 aliphatic carbocycles. The molecule has 0 aromatic heterocycles. The second kappa shape index (κ2) is 5.15. The molecule has 0 amide bonds. The van der Waals surface area contributed by atoms with Gasteiger partial charge < -0.3 is 5.73 Å². The average Bonchev–Trinajstić information content (AvgIpc) is 2.93. The molecule has 2 N–H and O–H groups in total. The number of rotatable bonds is 3. The molecule has 0 aliphatic heterocycles. The van der Waals surface area contributed by atoms with Gasteiger partial charge in [-0.1, -0.05) is 24.4 Å². The van der Waals surface area contributed by atoms with Gasteiger partial charge in [0.1, 0.15) is 5.82 Å². The van der Waals surface area contributed by atoms with E-state index in [9.17, 15) is 4.39 Å². The molecule has 1 atom stereocenters. The molecule has 0 unspecified atom stereocenters. The highest BCUT2D eigenvalue weighted by atomic mass is 35.5. The topological polar surface area (TPSA) is 26.0 Å². The van der Waals surface area contributed by atoms with Crippen LogP contribution in [0.25, 0.3) is 0 Å². The lowest BCUT2D eigenvalue weighted by Gasteiger charge is -2.12. The summed E-state index contributed by atoms with van der Waals surface area (Å²) in [6.45, 7) is 0.